The molecule has 3 unspecified atom stereocenters. The van der Waals surface area contributed by atoms with Crippen LogP contribution < -0.4 is 10.5 Å². The van der Waals surface area contributed by atoms with Gasteiger partial charge in [-0.15, -0.1) is 0 Å². The molecular weight excluding hydrogens is 264 g/mol. The molecule has 0 saturated carbocycles. The number of hydrogen-bond donors (Lipinski definition) is 1. The van der Waals surface area contributed by atoms with Gasteiger partial charge in [-0.1, -0.05) is 24.3 Å². The van der Waals surface area contributed by atoms with Gasteiger partial charge in [0.2, 0.25) is 5.91 Å². The van der Waals surface area contributed by atoms with Crippen molar-refractivity contribution in [3.05, 3.63) is 42.0 Å². The molecular formula is C17H22N2O2. The first-order valence-electron chi connectivity index (χ1n) is 7.57. The van der Waals surface area contributed by atoms with Gasteiger partial charge in [-0.05, 0) is 37.0 Å². The van der Waals surface area contributed by atoms with Crippen LogP contribution in [0.5, 0.6) is 5.75 Å². The summed E-state index contributed by atoms with van der Waals surface area (Å²) in [6.45, 7) is 0.842. The Morgan fingerprint density at radius 2 is 2.05 bits per heavy atom. The van der Waals surface area contributed by atoms with Crippen molar-refractivity contribution < 1.29 is 9.53 Å². The second-order valence-corrected chi connectivity index (χ2v) is 5.85. The lowest BCUT2D eigenvalue weighted by Crippen LogP contribution is -2.35. The molecule has 2 aliphatic rings. The molecule has 1 aliphatic carbocycles. The molecule has 21 heavy (non-hydrogen) atoms. The van der Waals surface area contributed by atoms with Crippen molar-refractivity contribution in [1.29, 1.82) is 0 Å². The van der Waals surface area contributed by atoms with Gasteiger partial charge in [-0.2, -0.15) is 0 Å². The Morgan fingerprint density at radius 3 is 2.67 bits per heavy atom. The normalized spacial score (nSPS) is 28.1. The van der Waals surface area contributed by atoms with Crippen molar-refractivity contribution in [3.63, 3.8) is 0 Å². The molecule has 4 heteroatoms. The molecule has 0 radical (unpaired) electrons. The number of benzene rings is 1. The second-order valence-electron chi connectivity index (χ2n) is 5.85. The third-order valence-corrected chi connectivity index (χ3v) is 4.47. The molecule has 1 aromatic carbocycles. The van der Waals surface area contributed by atoms with Crippen LogP contribution in [0.25, 0.3) is 0 Å². The summed E-state index contributed by atoms with van der Waals surface area (Å²) in [5.74, 6) is 1.02. The molecule has 2 N–H and O–H groups in total. The molecule has 1 amide bonds. The van der Waals surface area contributed by atoms with Crippen LogP contribution in [0.1, 0.15) is 30.9 Å². The van der Waals surface area contributed by atoms with E-state index in [0.717, 1.165) is 31.6 Å². The molecule has 3 atom stereocenters. The molecule has 3 rings (SSSR count). The third-order valence-electron chi connectivity index (χ3n) is 4.47. The number of nitrogens with zero attached hydrogens (tertiary/aromatic N) is 1. The fraction of sp³-hybridized carbons (Fsp3) is 0.471. The minimum Gasteiger partial charge on any atom is -0.497 e. The lowest BCUT2D eigenvalue weighted by Gasteiger charge is -2.27. The molecule has 1 fully saturated rings. The highest BCUT2D eigenvalue weighted by Gasteiger charge is 2.34. The smallest absolute Gasteiger partial charge is 0.230 e. The lowest BCUT2D eigenvalue weighted by atomic mass is 10.0. The van der Waals surface area contributed by atoms with Crippen LogP contribution in [0, 0.1) is 5.92 Å². The quantitative estimate of drug-likeness (QED) is 0.867. The summed E-state index contributed by atoms with van der Waals surface area (Å²) in [6, 6.07) is 8.26. The van der Waals surface area contributed by atoms with Crippen molar-refractivity contribution in [2.75, 3.05) is 13.7 Å². The van der Waals surface area contributed by atoms with Gasteiger partial charge in [0.15, 0.2) is 0 Å². The number of carbonyl (C=O) groups is 1. The second kappa shape index (κ2) is 5.90. The van der Waals surface area contributed by atoms with Crippen molar-refractivity contribution in [1.82, 2.24) is 4.90 Å². The minimum absolute atomic E-state index is 0.0287. The zero-order valence-corrected chi connectivity index (χ0v) is 12.4. The Kier molecular flexibility index (Phi) is 3.97. The van der Waals surface area contributed by atoms with Gasteiger partial charge in [0.25, 0.3) is 0 Å². The molecule has 0 spiro atoms. The summed E-state index contributed by atoms with van der Waals surface area (Å²) in [7, 11) is 1.66. The van der Waals surface area contributed by atoms with Gasteiger partial charge in [-0.3, -0.25) is 4.79 Å². The monoisotopic (exact) mass is 286 g/mol. The van der Waals surface area contributed by atoms with E-state index in [4.69, 9.17) is 10.5 Å². The van der Waals surface area contributed by atoms with Gasteiger partial charge in [-0.25, -0.2) is 0 Å². The maximum atomic E-state index is 12.7. The summed E-state index contributed by atoms with van der Waals surface area (Å²) < 4.78 is 5.20. The first-order valence-corrected chi connectivity index (χ1v) is 7.57. The molecule has 0 aromatic heterocycles. The fourth-order valence-electron chi connectivity index (χ4n) is 3.33. The fourth-order valence-corrected chi connectivity index (χ4v) is 3.33. The highest BCUT2D eigenvalue weighted by atomic mass is 16.5. The van der Waals surface area contributed by atoms with E-state index in [1.54, 1.807) is 7.11 Å². The van der Waals surface area contributed by atoms with Crippen molar-refractivity contribution in [2.24, 2.45) is 11.7 Å². The number of rotatable bonds is 3. The molecule has 1 aromatic rings. The molecule has 1 heterocycles. The van der Waals surface area contributed by atoms with Crippen molar-refractivity contribution >= 4 is 5.91 Å². The van der Waals surface area contributed by atoms with Gasteiger partial charge in [0.05, 0.1) is 19.1 Å². The van der Waals surface area contributed by atoms with Crippen molar-refractivity contribution in [2.45, 2.75) is 31.3 Å². The number of likely N-dealkylation sites (tertiary alicyclic amines) is 1. The van der Waals surface area contributed by atoms with Crippen LogP contribution in [0.3, 0.4) is 0 Å². The average molecular weight is 286 g/mol. The van der Waals surface area contributed by atoms with Gasteiger partial charge >= 0.3 is 0 Å². The Morgan fingerprint density at radius 1 is 1.29 bits per heavy atom. The standard InChI is InChI=1S/C17H22N2O2/c1-21-15-8-5-12(6-9-15)16-3-2-10-19(16)17(20)13-4-7-14(18)11-13/h4-9,13-14,16H,2-3,10-11,18H2,1H3. The predicted molar refractivity (Wildman–Crippen MR) is 81.9 cm³/mol. The van der Waals surface area contributed by atoms with Crippen LogP contribution in [0.2, 0.25) is 0 Å². The molecule has 1 saturated heterocycles. The van der Waals surface area contributed by atoms with E-state index < -0.39 is 0 Å². The predicted octanol–water partition coefficient (Wildman–Crippen LogP) is 2.26. The zero-order valence-electron chi connectivity index (χ0n) is 12.4. The maximum absolute atomic E-state index is 12.7. The molecule has 112 valence electrons. The Bertz CT molecular complexity index is 538. The Balaban J connectivity index is 1.75. The highest BCUT2D eigenvalue weighted by Crippen LogP contribution is 2.35. The summed E-state index contributed by atoms with van der Waals surface area (Å²) in [5, 5.41) is 0. The van der Waals surface area contributed by atoms with Crippen LogP contribution in [0.15, 0.2) is 36.4 Å². The molecule has 0 bridgehead atoms. The van der Waals surface area contributed by atoms with Gasteiger partial charge in [0.1, 0.15) is 5.75 Å². The number of ether oxygens (including phenoxy) is 1. The van der Waals surface area contributed by atoms with E-state index in [-0.39, 0.29) is 23.9 Å². The van der Waals surface area contributed by atoms with Crippen LogP contribution >= 0.6 is 0 Å². The largest absolute Gasteiger partial charge is 0.497 e. The van der Waals surface area contributed by atoms with Gasteiger partial charge < -0.3 is 15.4 Å². The zero-order chi connectivity index (χ0) is 14.8. The summed E-state index contributed by atoms with van der Waals surface area (Å²) >= 11 is 0. The minimum atomic E-state index is -0.0427. The first kappa shape index (κ1) is 14.1. The molecule has 1 aliphatic heterocycles. The average Bonchev–Trinajstić information content (AvgIpc) is 3.15. The number of methoxy groups -OCH3 is 1. The maximum Gasteiger partial charge on any atom is 0.230 e. The Labute approximate surface area is 125 Å². The third kappa shape index (κ3) is 2.81. The highest BCUT2D eigenvalue weighted by molar-refractivity contribution is 5.82. The summed E-state index contributed by atoms with van der Waals surface area (Å²) in [6.07, 6.45) is 6.74. The summed E-state index contributed by atoms with van der Waals surface area (Å²) in [4.78, 5) is 14.7. The number of nitrogens with two attached hydrogens (primary N) is 1. The van der Waals surface area contributed by atoms with Crippen LogP contribution in [0.4, 0.5) is 0 Å². The number of hydrogen-bond acceptors (Lipinski definition) is 3. The van der Waals surface area contributed by atoms with E-state index in [0.29, 0.717) is 0 Å². The van der Waals surface area contributed by atoms with E-state index in [1.807, 2.05) is 29.2 Å². The van der Waals surface area contributed by atoms with Gasteiger partial charge in [0, 0.05) is 12.6 Å². The number of carbonyl (C=O) groups excluding carboxylic acids is 1. The van der Waals surface area contributed by atoms with Crippen LogP contribution in [-0.2, 0) is 4.79 Å². The topological polar surface area (TPSA) is 55.6 Å². The van der Waals surface area contributed by atoms with Crippen molar-refractivity contribution in [3.8, 4) is 5.75 Å². The van der Waals surface area contributed by atoms with E-state index in [1.165, 1.54) is 5.56 Å². The van der Waals surface area contributed by atoms with E-state index >= 15 is 0 Å². The van der Waals surface area contributed by atoms with Crippen LogP contribution in [-0.4, -0.2) is 30.5 Å². The lowest BCUT2D eigenvalue weighted by molar-refractivity contribution is -0.135. The number of amides is 1. The first-order chi connectivity index (χ1) is 10.2. The SMILES string of the molecule is COc1ccc(C2CCCN2C(=O)C2C=CC(N)C2)cc1. The molecule has 4 nitrogen and oxygen atoms in total. The Hall–Kier alpha value is -1.81. The van der Waals surface area contributed by atoms with E-state index in [9.17, 15) is 4.79 Å². The van der Waals surface area contributed by atoms with E-state index in [2.05, 4.69) is 12.1 Å². The summed E-state index contributed by atoms with van der Waals surface area (Å²) in [5.41, 5.74) is 7.06.